The minimum absolute atomic E-state index is 0.0243. The molecule has 0 saturated carbocycles. The summed E-state index contributed by atoms with van der Waals surface area (Å²) >= 11 is 1.62. The van der Waals surface area contributed by atoms with Crippen molar-refractivity contribution in [1.29, 1.82) is 0 Å². The van der Waals surface area contributed by atoms with Crippen LogP contribution in [0.1, 0.15) is 36.6 Å². The SMILES string of the molecule is Cc1ccsc1CNC(=O)NC(C)CCCC(=O)O. The van der Waals surface area contributed by atoms with Crippen molar-refractivity contribution in [3.05, 3.63) is 21.9 Å². The first-order valence-corrected chi connectivity index (χ1v) is 7.16. The Hall–Kier alpha value is -1.56. The van der Waals surface area contributed by atoms with Crippen molar-refractivity contribution < 1.29 is 14.7 Å². The van der Waals surface area contributed by atoms with Gasteiger partial charge >= 0.3 is 12.0 Å². The molecule has 0 aliphatic heterocycles. The molecule has 0 spiro atoms. The number of hydrogen-bond acceptors (Lipinski definition) is 3. The largest absolute Gasteiger partial charge is 0.481 e. The van der Waals surface area contributed by atoms with Crippen LogP contribution >= 0.6 is 11.3 Å². The fourth-order valence-corrected chi connectivity index (χ4v) is 2.50. The van der Waals surface area contributed by atoms with Gasteiger partial charge in [-0.25, -0.2) is 4.79 Å². The van der Waals surface area contributed by atoms with Crippen LogP contribution in [0, 0.1) is 6.92 Å². The van der Waals surface area contributed by atoms with Crippen LogP contribution in [0.2, 0.25) is 0 Å². The molecule has 0 aromatic carbocycles. The maximum absolute atomic E-state index is 11.6. The number of amides is 2. The normalized spacial score (nSPS) is 11.9. The number of aliphatic carboxylic acids is 1. The number of carbonyl (C=O) groups is 2. The quantitative estimate of drug-likeness (QED) is 0.720. The molecule has 0 aliphatic rings. The third-order valence-electron chi connectivity index (χ3n) is 2.78. The van der Waals surface area contributed by atoms with E-state index in [9.17, 15) is 9.59 Å². The zero-order valence-corrected chi connectivity index (χ0v) is 12.0. The smallest absolute Gasteiger partial charge is 0.315 e. The second-order valence-electron chi connectivity index (χ2n) is 4.54. The first-order chi connectivity index (χ1) is 8.99. The van der Waals surface area contributed by atoms with Crippen LogP contribution in [0.25, 0.3) is 0 Å². The molecule has 3 N–H and O–H groups in total. The van der Waals surface area contributed by atoms with Gasteiger partial charge in [0.15, 0.2) is 0 Å². The number of aryl methyl sites for hydroxylation is 1. The van der Waals surface area contributed by atoms with Crippen LogP contribution in [0.3, 0.4) is 0 Å². The summed E-state index contributed by atoms with van der Waals surface area (Å²) in [5.74, 6) is -0.801. The molecule has 0 radical (unpaired) electrons. The average Bonchev–Trinajstić information content (AvgIpc) is 2.71. The fourth-order valence-electron chi connectivity index (χ4n) is 1.65. The van der Waals surface area contributed by atoms with Gasteiger partial charge in [-0.3, -0.25) is 4.79 Å². The first kappa shape index (κ1) is 15.5. The molecule has 5 nitrogen and oxygen atoms in total. The summed E-state index contributed by atoms with van der Waals surface area (Å²) in [6.07, 6.45) is 1.38. The molecule has 1 aromatic rings. The second-order valence-corrected chi connectivity index (χ2v) is 5.54. The van der Waals surface area contributed by atoms with Gasteiger partial charge in [0, 0.05) is 17.3 Å². The van der Waals surface area contributed by atoms with Gasteiger partial charge < -0.3 is 15.7 Å². The lowest BCUT2D eigenvalue weighted by Gasteiger charge is -2.14. The van der Waals surface area contributed by atoms with Crippen LogP contribution < -0.4 is 10.6 Å². The number of hydrogen-bond donors (Lipinski definition) is 3. The van der Waals surface area contributed by atoms with Gasteiger partial charge in [0.25, 0.3) is 0 Å². The third-order valence-corrected chi connectivity index (χ3v) is 3.81. The van der Waals surface area contributed by atoms with Crippen molar-refractivity contribution in [2.45, 2.75) is 45.7 Å². The number of rotatable bonds is 7. The van der Waals surface area contributed by atoms with Crippen LogP contribution in [-0.2, 0) is 11.3 Å². The Morgan fingerprint density at radius 1 is 1.47 bits per heavy atom. The Bertz CT molecular complexity index is 431. The van der Waals surface area contributed by atoms with E-state index in [4.69, 9.17) is 5.11 Å². The number of nitrogens with one attached hydrogen (secondary N) is 2. The molecule has 1 atom stereocenters. The molecule has 2 amide bonds. The van der Waals surface area contributed by atoms with Crippen molar-refractivity contribution in [1.82, 2.24) is 10.6 Å². The van der Waals surface area contributed by atoms with Crippen molar-refractivity contribution in [2.75, 3.05) is 0 Å². The molecular weight excluding hydrogens is 264 g/mol. The van der Waals surface area contributed by atoms with Gasteiger partial charge in [0.05, 0.1) is 6.54 Å². The van der Waals surface area contributed by atoms with Gasteiger partial charge in [-0.05, 0) is 43.7 Å². The summed E-state index contributed by atoms with van der Waals surface area (Å²) in [6.45, 7) is 4.41. The highest BCUT2D eigenvalue weighted by atomic mass is 32.1. The fraction of sp³-hybridized carbons (Fsp3) is 0.538. The van der Waals surface area contributed by atoms with Crippen LogP contribution in [0.4, 0.5) is 4.79 Å². The van der Waals surface area contributed by atoms with Gasteiger partial charge in [-0.1, -0.05) is 0 Å². The Kier molecular flexibility index (Phi) is 6.35. The molecule has 0 saturated heterocycles. The molecule has 1 unspecified atom stereocenters. The standard InChI is InChI=1S/C13H20N2O3S/c1-9-6-7-19-11(9)8-14-13(18)15-10(2)4-3-5-12(16)17/h6-7,10H,3-5,8H2,1-2H3,(H,16,17)(H2,14,15,18). The molecule has 0 bridgehead atoms. The Balaban J connectivity index is 2.20. The molecule has 0 aliphatic carbocycles. The van der Waals surface area contributed by atoms with Crippen LogP contribution in [-0.4, -0.2) is 23.1 Å². The predicted octanol–water partition coefficient (Wildman–Crippen LogP) is 2.50. The topological polar surface area (TPSA) is 78.4 Å². The molecule has 1 aromatic heterocycles. The van der Waals surface area contributed by atoms with Crippen molar-refractivity contribution in [2.24, 2.45) is 0 Å². The van der Waals surface area contributed by atoms with E-state index in [-0.39, 0.29) is 18.5 Å². The molecule has 1 heterocycles. The summed E-state index contributed by atoms with van der Waals surface area (Å²) in [6, 6.07) is 1.79. The molecule has 106 valence electrons. The highest BCUT2D eigenvalue weighted by molar-refractivity contribution is 7.10. The van der Waals surface area contributed by atoms with Crippen molar-refractivity contribution in [3.63, 3.8) is 0 Å². The lowest BCUT2D eigenvalue weighted by atomic mass is 10.1. The van der Waals surface area contributed by atoms with Crippen LogP contribution in [0.15, 0.2) is 11.4 Å². The lowest BCUT2D eigenvalue weighted by molar-refractivity contribution is -0.137. The van der Waals surface area contributed by atoms with E-state index in [1.54, 1.807) is 11.3 Å². The van der Waals surface area contributed by atoms with Gasteiger partial charge in [0.1, 0.15) is 0 Å². The average molecular weight is 284 g/mol. The van der Waals surface area contributed by atoms with Gasteiger partial charge in [-0.2, -0.15) is 0 Å². The van der Waals surface area contributed by atoms with E-state index in [0.29, 0.717) is 19.4 Å². The number of urea groups is 1. The summed E-state index contributed by atoms with van der Waals surface area (Å²) in [7, 11) is 0. The highest BCUT2D eigenvalue weighted by Gasteiger charge is 2.08. The monoisotopic (exact) mass is 284 g/mol. The van der Waals surface area contributed by atoms with E-state index in [2.05, 4.69) is 10.6 Å². The van der Waals surface area contributed by atoms with E-state index >= 15 is 0 Å². The predicted molar refractivity (Wildman–Crippen MR) is 75.4 cm³/mol. The summed E-state index contributed by atoms with van der Waals surface area (Å²) in [5, 5.41) is 16.1. The first-order valence-electron chi connectivity index (χ1n) is 6.28. The Morgan fingerprint density at radius 2 is 2.21 bits per heavy atom. The van der Waals surface area contributed by atoms with E-state index < -0.39 is 5.97 Å². The second kappa shape index (κ2) is 7.78. The van der Waals surface area contributed by atoms with Gasteiger partial charge in [0.2, 0.25) is 0 Å². The number of carboxylic acids is 1. The Labute approximate surface area is 117 Å². The van der Waals surface area contributed by atoms with Crippen molar-refractivity contribution >= 4 is 23.3 Å². The van der Waals surface area contributed by atoms with Crippen LogP contribution in [0.5, 0.6) is 0 Å². The lowest BCUT2D eigenvalue weighted by Crippen LogP contribution is -2.40. The molecule has 19 heavy (non-hydrogen) atoms. The zero-order chi connectivity index (χ0) is 14.3. The molecule has 1 rings (SSSR count). The minimum Gasteiger partial charge on any atom is -0.481 e. The van der Waals surface area contributed by atoms with E-state index in [0.717, 1.165) is 4.88 Å². The maximum atomic E-state index is 11.6. The summed E-state index contributed by atoms with van der Waals surface area (Å²) < 4.78 is 0. The molecular formula is C13H20N2O3S. The summed E-state index contributed by atoms with van der Waals surface area (Å²) in [4.78, 5) is 23.1. The van der Waals surface area contributed by atoms with E-state index in [1.165, 1.54) is 5.56 Å². The molecule has 0 fully saturated rings. The van der Waals surface area contributed by atoms with Gasteiger partial charge in [-0.15, -0.1) is 11.3 Å². The maximum Gasteiger partial charge on any atom is 0.315 e. The minimum atomic E-state index is -0.801. The number of carboxylic acid groups (broad SMARTS) is 1. The number of thiophene rings is 1. The van der Waals surface area contributed by atoms with Crippen molar-refractivity contribution in [3.8, 4) is 0 Å². The Morgan fingerprint density at radius 3 is 2.79 bits per heavy atom. The zero-order valence-electron chi connectivity index (χ0n) is 11.2. The van der Waals surface area contributed by atoms with E-state index in [1.807, 2.05) is 25.3 Å². The summed E-state index contributed by atoms with van der Waals surface area (Å²) in [5.41, 5.74) is 1.18. The number of carbonyl (C=O) groups excluding carboxylic acids is 1. The highest BCUT2D eigenvalue weighted by Crippen LogP contribution is 2.14. The molecule has 6 heteroatoms. The third kappa shape index (κ3) is 6.24.